The fourth-order valence-corrected chi connectivity index (χ4v) is 6.21. The summed E-state index contributed by atoms with van der Waals surface area (Å²) in [5.41, 5.74) is -0.673. The highest BCUT2D eigenvalue weighted by molar-refractivity contribution is 6.47. The van der Waals surface area contributed by atoms with E-state index in [0.29, 0.717) is 18.3 Å². The van der Waals surface area contributed by atoms with E-state index < -0.39 is 24.9 Å². The normalized spacial score (nSPS) is 31.4. The van der Waals surface area contributed by atoms with Crippen molar-refractivity contribution in [3.63, 3.8) is 0 Å². The molecule has 3 aliphatic carbocycles. The summed E-state index contributed by atoms with van der Waals surface area (Å²) in [6, 6.07) is -0.676. The number of ether oxygens (including phenoxy) is 1. The number of hydrogen-bond donors (Lipinski definition) is 2. The van der Waals surface area contributed by atoms with E-state index in [1.807, 2.05) is 34.6 Å². The van der Waals surface area contributed by atoms with Crippen molar-refractivity contribution in [2.24, 2.45) is 23.2 Å². The molecular weight excluding hydrogens is 431 g/mol. The van der Waals surface area contributed by atoms with Crippen molar-refractivity contribution in [2.45, 2.75) is 130 Å². The Kier molecular flexibility index (Phi) is 8.03. The first-order valence-corrected chi connectivity index (χ1v) is 13.3. The molecular formula is C26H47BN2O5. The summed E-state index contributed by atoms with van der Waals surface area (Å²) in [6.07, 6.45) is 4.97. The van der Waals surface area contributed by atoms with Crippen LogP contribution in [0, 0.1) is 23.2 Å². The molecule has 2 N–H and O–H groups in total. The highest BCUT2D eigenvalue weighted by Crippen LogP contribution is 2.65. The van der Waals surface area contributed by atoms with Crippen LogP contribution in [0.25, 0.3) is 0 Å². The molecule has 0 aromatic heterocycles. The van der Waals surface area contributed by atoms with E-state index >= 15 is 0 Å². The van der Waals surface area contributed by atoms with Gasteiger partial charge >= 0.3 is 13.2 Å². The third-order valence-corrected chi connectivity index (χ3v) is 8.21. The summed E-state index contributed by atoms with van der Waals surface area (Å²) in [7, 11) is -0.470. The predicted molar refractivity (Wildman–Crippen MR) is 134 cm³/mol. The zero-order valence-corrected chi connectivity index (χ0v) is 22.8. The second-order valence-corrected chi connectivity index (χ2v) is 12.9. The lowest BCUT2D eigenvalue weighted by molar-refractivity contribution is -0.199. The predicted octanol–water partition coefficient (Wildman–Crippen LogP) is 4.87. The van der Waals surface area contributed by atoms with E-state index in [-0.39, 0.29) is 34.9 Å². The van der Waals surface area contributed by atoms with Crippen LogP contribution >= 0.6 is 0 Å². The quantitative estimate of drug-likeness (QED) is 0.462. The van der Waals surface area contributed by atoms with Gasteiger partial charge in [0.2, 0.25) is 5.91 Å². The van der Waals surface area contributed by atoms with E-state index in [0.717, 1.165) is 25.7 Å². The van der Waals surface area contributed by atoms with E-state index in [1.54, 1.807) is 0 Å². The molecule has 34 heavy (non-hydrogen) atoms. The molecule has 4 rings (SSSR count). The highest BCUT2D eigenvalue weighted by atomic mass is 16.7. The average Bonchev–Trinajstić information content (AvgIpc) is 3.05. The van der Waals surface area contributed by atoms with Gasteiger partial charge in [-0.3, -0.25) is 4.79 Å². The fourth-order valence-electron chi connectivity index (χ4n) is 6.21. The van der Waals surface area contributed by atoms with Gasteiger partial charge in [0, 0.05) is 0 Å². The molecule has 0 radical (unpaired) electrons. The molecule has 6 atom stereocenters. The zero-order chi connectivity index (χ0) is 25.5. The topological polar surface area (TPSA) is 85.9 Å². The van der Waals surface area contributed by atoms with Gasteiger partial charge in [-0.15, -0.1) is 0 Å². The maximum atomic E-state index is 13.4. The number of carbonyl (C=O) groups excluding carboxylic acids is 2. The van der Waals surface area contributed by atoms with Gasteiger partial charge in [0.1, 0.15) is 11.6 Å². The van der Waals surface area contributed by atoms with Gasteiger partial charge in [-0.1, -0.05) is 47.5 Å². The Labute approximate surface area is 207 Å². The molecule has 0 aromatic carbocycles. The summed E-state index contributed by atoms with van der Waals surface area (Å²) in [6.45, 7) is 18.5. The molecule has 8 heteroatoms. The second-order valence-electron chi connectivity index (χ2n) is 12.9. The number of amides is 2. The molecule has 2 amide bonds. The van der Waals surface area contributed by atoms with E-state index in [4.69, 9.17) is 14.0 Å². The van der Waals surface area contributed by atoms with Gasteiger partial charge in [-0.25, -0.2) is 4.79 Å². The summed E-state index contributed by atoms with van der Waals surface area (Å²) in [5.74, 6) is 0.909. The molecule has 7 nitrogen and oxygen atoms in total. The highest BCUT2D eigenvalue weighted by Gasteiger charge is 2.68. The van der Waals surface area contributed by atoms with Crippen LogP contribution in [0.4, 0.5) is 4.79 Å². The minimum absolute atomic E-state index is 0.0710. The first kappa shape index (κ1) is 27.3. The summed E-state index contributed by atoms with van der Waals surface area (Å²) in [4.78, 5) is 25.8. The molecule has 0 aromatic rings. The Morgan fingerprint density at radius 2 is 1.82 bits per heavy atom. The minimum Gasteiger partial charge on any atom is -0.444 e. The summed E-state index contributed by atoms with van der Waals surface area (Å²) < 4.78 is 18.5. The maximum Gasteiger partial charge on any atom is 0.481 e. The van der Waals surface area contributed by atoms with Crippen LogP contribution in [0.15, 0.2) is 0 Å². The van der Waals surface area contributed by atoms with Crippen molar-refractivity contribution >= 4 is 19.1 Å². The van der Waals surface area contributed by atoms with Crippen LogP contribution in [-0.4, -0.2) is 48.4 Å². The molecule has 194 valence electrons. The lowest BCUT2D eigenvalue weighted by Crippen LogP contribution is -2.65. The van der Waals surface area contributed by atoms with Crippen LogP contribution < -0.4 is 10.6 Å². The van der Waals surface area contributed by atoms with E-state index in [9.17, 15) is 9.59 Å². The standard InChI is InChI=1S/C26H47BN2O5/c1-10-11-12-21(27-33-20-15-17-14-19(25(17,7)8)26(20,9)34-27)29-22(30)18(13-16(2)3)28-23(31)32-24(4,5)6/h16-21H,10-15H2,1-9H3,(H,28,31)(H,29,30)/t17-,18-,19-,20+,21-,26-/m0/s1. The van der Waals surface area contributed by atoms with Gasteiger partial charge in [-0.05, 0) is 76.5 Å². The monoisotopic (exact) mass is 478 g/mol. The summed E-state index contributed by atoms with van der Waals surface area (Å²) >= 11 is 0. The SMILES string of the molecule is CCCC[C@H](NC(=O)[C@H](CC(C)C)NC(=O)OC(C)(C)C)B1O[C@@H]2C[C@@H]3C[C@@H](C3(C)C)[C@]2(C)O1. The van der Waals surface area contributed by atoms with E-state index in [2.05, 4.69) is 38.3 Å². The van der Waals surface area contributed by atoms with Gasteiger partial charge in [0.05, 0.1) is 17.6 Å². The van der Waals surface area contributed by atoms with Crippen LogP contribution in [0.3, 0.4) is 0 Å². The van der Waals surface area contributed by atoms with Crippen LogP contribution in [0.2, 0.25) is 0 Å². The molecule has 1 saturated heterocycles. The number of unbranched alkanes of at least 4 members (excludes halogenated alkanes) is 1. The number of rotatable bonds is 9. The molecule has 3 saturated carbocycles. The molecule has 1 heterocycles. The van der Waals surface area contributed by atoms with Crippen molar-refractivity contribution in [1.82, 2.24) is 10.6 Å². The lowest BCUT2D eigenvalue weighted by atomic mass is 9.43. The number of alkyl carbamates (subject to hydrolysis) is 1. The Morgan fingerprint density at radius 1 is 1.15 bits per heavy atom. The smallest absolute Gasteiger partial charge is 0.444 e. The van der Waals surface area contributed by atoms with Crippen LogP contribution in [-0.2, 0) is 18.8 Å². The Hall–Kier alpha value is -1.28. The van der Waals surface area contributed by atoms with Gasteiger partial charge < -0.3 is 24.7 Å². The van der Waals surface area contributed by atoms with Gasteiger partial charge in [-0.2, -0.15) is 0 Å². The van der Waals surface area contributed by atoms with Crippen molar-refractivity contribution < 1.29 is 23.6 Å². The van der Waals surface area contributed by atoms with E-state index in [1.165, 1.54) is 6.42 Å². The molecule has 2 bridgehead atoms. The van der Waals surface area contributed by atoms with Crippen molar-refractivity contribution in [3.8, 4) is 0 Å². The average molecular weight is 478 g/mol. The molecule has 0 spiro atoms. The zero-order valence-electron chi connectivity index (χ0n) is 22.8. The largest absolute Gasteiger partial charge is 0.481 e. The fraction of sp³-hybridized carbons (Fsp3) is 0.923. The Morgan fingerprint density at radius 3 is 2.38 bits per heavy atom. The molecule has 4 aliphatic rings. The number of nitrogens with one attached hydrogen (secondary N) is 2. The number of carbonyl (C=O) groups is 2. The Bertz CT molecular complexity index is 752. The third-order valence-electron chi connectivity index (χ3n) is 8.21. The second kappa shape index (κ2) is 10.0. The first-order valence-electron chi connectivity index (χ1n) is 13.3. The Balaban J connectivity index is 1.70. The van der Waals surface area contributed by atoms with Crippen molar-refractivity contribution in [3.05, 3.63) is 0 Å². The maximum absolute atomic E-state index is 13.4. The lowest BCUT2D eigenvalue weighted by Gasteiger charge is -2.64. The van der Waals surface area contributed by atoms with Gasteiger partial charge in [0.25, 0.3) is 0 Å². The third kappa shape index (κ3) is 5.75. The minimum atomic E-state index is -0.676. The van der Waals surface area contributed by atoms with Gasteiger partial charge in [0.15, 0.2) is 0 Å². The van der Waals surface area contributed by atoms with Crippen LogP contribution in [0.5, 0.6) is 0 Å². The van der Waals surface area contributed by atoms with Crippen LogP contribution in [0.1, 0.15) is 101 Å². The van der Waals surface area contributed by atoms with Crippen molar-refractivity contribution in [2.75, 3.05) is 0 Å². The first-order chi connectivity index (χ1) is 15.7. The molecule has 4 fully saturated rings. The molecule has 0 unspecified atom stereocenters. The number of hydrogen-bond acceptors (Lipinski definition) is 5. The summed E-state index contributed by atoms with van der Waals surface area (Å²) in [5, 5.41) is 5.97. The van der Waals surface area contributed by atoms with Crippen molar-refractivity contribution in [1.29, 1.82) is 0 Å². The molecule has 1 aliphatic heterocycles.